The fraction of sp³-hybridized carbons (Fsp3) is 0.381. The first-order valence-electron chi connectivity index (χ1n) is 8.97. The van der Waals surface area contributed by atoms with Crippen molar-refractivity contribution in [1.29, 1.82) is 5.26 Å². The molecule has 0 spiro atoms. The summed E-state index contributed by atoms with van der Waals surface area (Å²) in [7, 11) is 0. The first kappa shape index (κ1) is 21.3. The molecule has 0 aliphatic heterocycles. The Hall–Kier alpha value is -2.03. The molecule has 0 saturated heterocycles. The number of nitrogens with zero attached hydrogens (tertiary/aromatic N) is 2. The molecular formula is C21H24ClN3OS. The Kier molecular flexibility index (Phi) is 7.70. The highest BCUT2D eigenvalue weighted by atomic mass is 35.5. The van der Waals surface area contributed by atoms with E-state index >= 15 is 0 Å². The third-order valence-corrected chi connectivity index (χ3v) is 5.79. The summed E-state index contributed by atoms with van der Waals surface area (Å²) in [5.41, 5.74) is 3.06. The van der Waals surface area contributed by atoms with Gasteiger partial charge in [-0.15, -0.1) is 0 Å². The van der Waals surface area contributed by atoms with Crippen LogP contribution in [0.25, 0.3) is 0 Å². The zero-order chi connectivity index (χ0) is 20.0. The van der Waals surface area contributed by atoms with Crippen molar-refractivity contribution in [2.24, 2.45) is 5.92 Å². The molecule has 2 rings (SSSR count). The van der Waals surface area contributed by atoms with E-state index in [2.05, 4.69) is 30.2 Å². The van der Waals surface area contributed by atoms with Crippen LogP contribution in [0.2, 0.25) is 5.02 Å². The highest BCUT2D eigenvalue weighted by molar-refractivity contribution is 8.00. The molecule has 0 bridgehead atoms. The second-order valence-corrected chi connectivity index (χ2v) is 8.43. The van der Waals surface area contributed by atoms with E-state index in [0.717, 1.165) is 17.7 Å². The van der Waals surface area contributed by atoms with E-state index in [9.17, 15) is 10.1 Å². The van der Waals surface area contributed by atoms with Gasteiger partial charge in [-0.3, -0.25) is 4.79 Å². The topological polar surface area (TPSA) is 65.8 Å². The summed E-state index contributed by atoms with van der Waals surface area (Å²) >= 11 is 7.47. The summed E-state index contributed by atoms with van der Waals surface area (Å²) in [6.07, 6.45) is 1.46. The zero-order valence-electron chi connectivity index (χ0n) is 16.0. The first-order valence-corrected chi connectivity index (χ1v) is 10.2. The van der Waals surface area contributed by atoms with E-state index in [1.807, 2.05) is 32.0 Å². The molecule has 1 atom stereocenters. The van der Waals surface area contributed by atoms with Crippen molar-refractivity contribution in [2.75, 3.05) is 5.32 Å². The first-order chi connectivity index (χ1) is 12.8. The standard InChI is InChI=1S/C21H24ClN3OS/c1-5-19(20(26)24-17-8-6-14(4)18(22)11-17)27-21-15(12-23)7-9-16(25-21)10-13(2)3/h6-9,11,13,19H,5,10H2,1-4H3,(H,24,26). The maximum absolute atomic E-state index is 12.7. The number of nitriles is 1. The smallest absolute Gasteiger partial charge is 0.237 e. The van der Waals surface area contributed by atoms with Crippen LogP contribution in [0.1, 0.15) is 44.0 Å². The normalized spacial score (nSPS) is 11.9. The lowest BCUT2D eigenvalue weighted by atomic mass is 10.1. The number of carbonyl (C=O) groups is 1. The van der Waals surface area contributed by atoms with Crippen molar-refractivity contribution in [3.05, 3.63) is 52.2 Å². The predicted octanol–water partition coefficient (Wildman–Crippen LogP) is 5.62. The summed E-state index contributed by atoms with van der Waals surface area (Å²) in [6.45, 7) is 8.12. The maximum atomic E-state index is 12.7. The van der Waals surface area contributed by atoms with E-state index in [4.69, 9.17) is 11.6 Å². The molecule has 1 amide bonds. The van der Waals surface area contributed by atoms with Gasteiger partial charge in [0.05, 0.1) is 10.8 Å². The number of aryl methyl sites for hydroxylation is 1. The van der Waals surface area contributed by atoms with Gasteiger partial charge < -0.3 is 5.32 Å². The van der Waals surface area contributed by atoms with Gasteiger partial charge in [0.1, 0.15) is 11.1 Å². The predicted molar refractivity (Wildman–Crippen MR) is 112 cm³/mol. The Balaban J connectivity index is 2.18. The Morgan fingerprint density at radius 2 is 2.07 bits per heavy atom. The molecule has 4 nitrogen and oxygen atoms in total. The lowest BCUT2D eigenvalue weighted by Crippen LogP contribution is -2.25. The minimum absolute atomic E-state index is 0.123. The van der Waals surface area contributed by atoms with E-state index in [1.54, 1.807) is 12.1 Å². The quantitative estimate of drug-likeness (QED) is 0.611. The van der Waals surface area contributed by atoms with Crippen molar-refractivity contribution in [3.8, 4) is 6.07 Å². The van der Waals surface area contributed by atoms with Crippen molar-refractivity contribution >= 4 is 35.0 Å². The summed E-state index contributed by atoms with van der Waals surface area (Å²) < 4.78 is 0. The molecule has 1 N–H and O–H groups in total. The molecule has 2 aromatic rings. The highest BCUT2D eigenvalue weighted by Crippen LogP contribution is 2.29. The molecule has 1 aromatic carbocycles. The molecule has 27 heavy (non-hydrogen) atoms. The van der Waals surface area contributed by atoms with Crippen molar-refractivity contribution < 1.29 is 4.79 Å². The van der Waals surface area contributed by atoms with Crippen LogP contribution in [0, 0.1) is 24.2 Å². The molecular weight excluding hydrogens is 378 g/mol. The number of rotatable bonds is 7. The summed E-state index contributed by atoms with van der Waals surface area (Å²) in [5, 5.41) is 13.2. The van der Waals surface area contributed by atoms with E-state index < -0.39 is 0 Å². The van der Waals surface area contributed by atoms with Gasteiger partial charge >= 0.3 is 0 Å². The van der Waals surface area contributed by atoms with Gasteiger partial charge in [0, 0.05) is 16.4 Å². The third-order valence-electron chi connectivity index (χ3n) is 4.01. The summed E-state index contributed by atoms with van der Waals surface area (Å²) in [5.74, 6) is 0.349. The third kappa shape index (κ3) is 5.98. The second kappa shape index (κ2) is 9.77. The molecule has 1 aromatic heterocycles. The monoisotopic (exact) mass is 401 g/mol. The number of halogens is 1. The maximum Gasteiger partial charge on any atom is 0.237 e. The Morgan fingerprint density at radius 3 is 2.67 bits per heavy atom. The number of hydrogen-bond acceptors (Lipinski definition) is 4. The van der Waals surface area contributed by atoms with E-state index in [1.165, 1.54) is 11.8 Å². The molecule has 0 aliphatic rings. The second-order valence-electron chi connectivity index (χ2n) is 6.83. The number of hydrogen-bond donors (Lipinski definition) is 1. The number of benzene rings is 1. The zero-order valence-corrected chi connectivity index (χ0v) is 17.6. The van der Waals surface area contributed by atoms with Crippen LogP contribution in [0.15, 0.2) is 35.4 Å². The number of aromatic nitrogens is 1. The van der Waals surface area contributed by atoms with Crippen molar-refractivity contribution in [3.63, 3.8) is 0 Å². The van der Waals surface area contributed by atoms with Crippen molar-refractivity contribution in [2.45, 2.75) is 50.8 Å². The average molecular weight is 402 g/mol. The van der Waals surface area contributed by atoms with Gasteiger partial charge in [-0.1, -0.05) is 50.2 Å². The van der Waals surface area contributed by atoms with Gasteiger partial charge in [0.2, 0.25) is 5.91 Å². The van der Waals surface area contributed by atoms with Crippen LogP contribution in [0.4, 0.5) is 5.69 Å². The molecule has 0 radical (unpaired) electrons. The lowest BCUT2D eigenvalue weighted by Gasteiger charge is -2.16. The fourth-order valence-electron chi connectivity index (χ4n) is 2.54. The number of thioether (sulfide) groups is 1. The van der Waals surface area contributed by atoms with Crippen LogP contribution in [-0.2, 0) is 11.2 Å². The van der Waals surface area contributed by atoms with Crippen LogP contribution in [-0.4, -0.2) is 16.1 Å². The number of carbonyl (C=O) groups excluding carboxylic acids is 1. The average Bonchev–Trinajstić information content (AvgIpc) is 2.62. The van der Waals surface area contributed by atoms with Crippen LogP contribution in [0.3, 0.4) is 0 Å². The molecule has 1 unspecified atom stereocenters. The number of nitrogens with one attached hydrogen (secondary N) is 1. The SMILES string of the molecule is CCC(Sc1nc(CC(C)C)ccc1C#N)C(=O)Nc1ccc(C)c(Cl)c1. The Morgan fingerprint density at radius 1 is 1.33 bits per heavy atom. The van der Waals surface area contributed by atoms with Gasteiger partial charge in [0.15, 0.2) is 0 Å². The lowest BCUT2D eigenvalue weighted by molar-refractivity contribution is -0.115. The summed E-state index contributed by atoms with van der Waals surface area (Å²) in [4.78, 5) is 17.3. The van der Waals surface area contributed by atoms with Crippen LogP contribution < -0.4 is 5.32 Å². The van der Waals surface area contributed by atoms with E-state index in [-0.39, 0.29) is 11.2 Å². The highest BCUT2D eigenvalue weighted by Gasteiger charge is 2.21. The fourth-order valence-corrected chi connectivity index (χ4v) is 3.73. The van der Waals surface area contributed by atoms with Gasteiger partial charge in [-0.2, -0.15) is 5.26 Å². The van der Waals surface area contributed by atoms with Crippen LogP contribution in [0.5, 0.6) is 0 Å². The van der Waals surface area contributed by atoms with E-state index in [0.29, 0.717) is 33.6 Å². The Bertz CT molecular complexity index is 861. The molecule has 1 heterocycles. The number of amides is 1. The molecule has 0 saturated carbocycles. The molecule has 0 aliphatic carbocycles. The minimum Gasteiger partial charge on any atom is -0.325 e. The van der Waals surface area contributed by atoms with Gasteiger partial charge in [0.25, 0.3) is 0 Å². The van der Waals surface area contributed by atoms with Gasteiger partial charge in [-0.25, -0.2) is 4.98 Å². The summed E-state index contributed by atoms with van der Waals surface area (Å²) in [6, 6.07) is 11.3. The van der Waals surface area contributed by atoms with Crippen LogP contribution >= 0.6 is 23.4 Å². The number of anilines is 1. The van der Waals surface area contributed by atoms with Crippen molar-refractivity contribution in [1.82, 2.24) is 4.98 Å². The molecule has 0 fully saturated rings. The molecule has 6 heteroatoms. The minimum atomic E-state index is -0.348. The molecule has 142 valence electrons. The Labute approximate surface area is 170 Å². The largest absolute Gasteiger partial charge is 0.325 e. The van der Waals surface area contributed by atoms with Gasteiger partial charge in [-0.05, 0) is 55.5 Å². The number of pyridine rings is 1.